The van der Waals surface area contributed by atoms with Gasteiger partial charge in [-0.15, -0.1) is 5.10 Å². The van der Waals surface area contributed by atoms with E-state index in [0.717, 1.165) is 25.9 Å². The van der Waals surface area contributed by atoms with E-state index in [0.29, 0.717) is 11.5 Å². The molecule has 28 heavy (non-hydrogen) atoms. The summed E-state index contributed by atoms with van der Waals surface area (Å²) in [6.07, 6.45) is 4.95. The normalized spacial score (nSPS) is 14.7. The maximum Gasteiger partial charge on any atom is 0.350 e. The lowest BCUT2D eigenvalue weighted by atomic mass is 10.00. The van der Waals surface area contributed by atoms with Gasteiger partial charge in [0.15, 0.2) is 5.82 Å². The monoisotopic (exact) mass is 380 g/mol. The molecule has 1 atom stereocenters. The van der Waals surface area contributed by atoms with Crippen LogP contribution < -0.4 is 15.9 Å². The van der Waals surface area contributed by atoms with Gasteiger partial charge in [-0.25, -0.2) is 18.9 Å². The Kier molecular flexibility index (Phi) is 4.85. The number of carbonyl (C=O) groups excluding carboxylic acids is 1. The van der Waals surface area contributed by atoms with E-state index in [1.54, 1.807) is 12.4 Å². The molecule has 0 unspecified atom stereocenters. The topological polar surface area (TPSA) is 84.5 Å². The average molecular weight is 380 g/mol. The zero-order chi connectivity index (χ0) is 19.7. The Morgan fingerprint density at radius 3 is 2.86 bits per heavy atom. The Bertz CT molecular complexity index is 1070. The number of nitrogens with zero attached hydrogens (tertiary/aromatic N) is 5. The van der Waals surface area contributed by atoms with Crippen molar-refractivity contribution in [2.75, 3.05) is 11.4 Å². The second kappa shape index (κ2) is 7.46. The number of hydrogen-bond donors (Lipinski definition) is 1. The molecular formula is C20H24N6O2. The van der Waals surface area contributed by atoms with Gasteiger partial charge in [0.1, 0.15) is 6.54 Å². The van der Waals surface area contributed by atoms with Gasteiger partial charge in [-0.1, -0.05) is 31.2 Å². The molecule has 2 aromatic heterocycles. The summed E-state index contributed by atoms with van der Waals surface area (Å²) in [5.74, 6) is 0.441. The number of aromatic nitrogens is 4. The summed E-state index contributed by atoms with van der Waals surface area (Å²) in [7, 11) is 0. The fourth-order valence-electron chi connectivity index (χ4n) is 3.50. The van der Waals surface area contributed by atoms with Crippen LogP contribution in [0.2, 0.25) is 0 Å². The van der Waals surface area contributed by atoms with Crippen LogP contribution in [0.25, 0.3) is 5.65 Å². The third kappa shape index (κ3) is 3.37. The van der Waals surface area contributed by atoms with Gasteiger partial charge in [0, 0.05) is 31.5 Å². The van der Waals surface area contributed by atoms with Crippen LogP contribution in [0.1, 0.15) is 31.4 Å². The third-order valence-electron chi connectivity index (χ3n) is 5.23. The van der Waals surface area contributed by atoms with Gasteiger partial charge in [0.2, 0.25) is 11.6 Å². The number of benzene rings is 1. The molecule has 1 aliphatic heterocycles. The summed E-state index contributed by atoms with van der Waals surface area (Å²) in [6.45, 7) is 5.35. The number of carbonyl (C=O) groups is 1. The second-order valence-electron chi connectivity index (χ2n) is 7.20. The highest BCUT2D eigenvalue weighted by Gasteiger charge is 2.22. The lowest BCUT2D eigenvalue weighted by molar-refractivity contribution is -0.122. The average Bonchev–Trinajstić information content (AvgIpc) is 3.03. The van der Waals surface area contributed by atoms with E-state index in [9.17, 15) is 9.59 Å². The minimum absolute atomic E-state index is 0.0610. The van der Waals surface area contributed by atoms with E-state index in [1.165, 1.54) is 20.2 Å². The highest BCUT2D eigenvalue weighted by Crippen LogP contribution is 2.24. The molecule has 1 aromatic carbocycles. The number of anilines is 1. The van der Waals surface area contributed by atoms with Gasteiger partial charge in [-0.2, -0.15) is 0 Å². The van der Waals surface area contributed by atoms with Crippen molar-refractivity contribution in [2.24, 2.45) is 0 Å². The highest BCUT2D eigenvalue weighted by molar-refractivity contribution is 5.76. The van der Waals surface area contributed by atoms with E-state index in [2.05, 4.69) is 38.5 Å². The molecule has 0 saturated carbocycles. The Hall–Kier alpha value is -3.16. The van der Waals surface area contributed by atoms with Crippen LogP contribution in [0.3, 0.4) is 0 Å². The molecule has 1 amide bonds. The van der Waals surface area contributed by atoms with E-state index >= 15 is 0 Å². The van der Waals surface area contributed by atoms with Crippen LogP contribution in [0.5, 0.6) is 0 Å². The van der Waals surface area contributed by atoms with Crippen LogP contribution in [0.15, 0.2) is 41.5 Å². The molecule has 0 spiro atoms. The summed E-state index contributed by atoms with van der Waals surface area (Å²) in [5, 5.41) is 7.28. The van der Waals surface area contributed by atoms with Crippen molar-refractivity contribution in [1.29, 1.82) is 0 Å². The smallest absolute Gasteiger partial charge is 0.350 e. The highest BCUT2D eigenvalue weighted by atomic mass is 16.2. The molecule has 3 heterocycles. The Labute approximate surface area is 162 Å². The standard InChI is InChI=1S/C20H24N6O2/c1-3-14(2)22-17(27)13-26-20(28)25-11-9-21-18(19(25)23-26)24-10-8-15-6-4-5-7-16(15)12-24/h4-7,9,11,14H,3,8,10,12-13H2,1-2H3,(H,22,27)/t14-/m0/s1. The van der Waals surface area contributed by atoms with Crippen molar-refractivity contribution in [3.63, 3.8) is 0 Å². The van der Waals surface area contributed by atoms with Crippen LogP contribution in [0.4, 0.5) is 5.82 Å². The number of amides is 1. The third-order valence-corrected chi connectivity index (χ3v) is 5.23. The number of nitrogens with one attached hydrogen (secondary N) is 1. The molecular weight excluding hydrogens is 356 g/mol. The number of rotatable bonds is 5. The van der Waals surface area contributed by atoms with Crippen LogP contribution in [-0.2, 0) is 24.3 Å². The SMILES string of the molecule is CC[C@H](C)NC(=O)Cn1nc2c(N3CCc4ccccc4C3)nccn2c1=O. The molecule has 8 heteroatoms. The summed E-state index contributed by atoms with van der Waals surface area (Å²) in [5.41, 5.74) is 2.74. The van der Waals surface area contributed by atoms with Crippen molar-refractivity contribution < 1.29 is 4.79 Å². The minimum atomic E-state index is -0.338. The van der Waals surface area contributed by atoms with Crippen molar-refractivity contribution >= 4 is 17.4 Å². The summed E-state index contributed by atoms with van der Waals surface area (Å²) >= 11 is 0. The molecule has 146 valence electrons. The zero-order valence-corrected chi connectivity index (χ0v) is 16.1. The fraction of sp³-hybridized carbons (Fsp3) is 0.400. The lowest BCUT2D eigenvalue weighted by Gasteiger charge is -2.29. The Balaban J connectivity index is 1.64. The first-order valence-corrected chi connectivity index (χ1v) is 9.62. The van der Waals surface area contributed by atoms with Crippen LogP contribution in [0, 0.1) is 0 Å². The van der Waals surface area contributed by atoms with Crippen molar-refractivity contribution in [1.82, 2.24) is 24.5 Å². The quantitative estimate of drug-likeness (QED) is 0.723. The predicted molar refractivity (Wildman–Crippen MR) is 106 cm³/mol. The zero-order valence-electron chi connectivity index (χ0n) is 16.1. The molecule has 0 fully saturated rings. The van der Waals surface area contributed by atoms with E-state index in [-0.39, 0.29) is 24.2 Å². The first-order valence-electron chi connectivity index (χ1n) is 9.62. The molecule has 1 N–H and O–H groups in total. The lowest BCUT2D eigenvalue weighted by Crippen LogP contribution is -2.37. The molecule has 0 bridgehead atoms. The van der Waals surface area contributed by atoms with E-state index in [4.69, 9.17) is 0 Å². The predicted octanol–water partition coefficient (Wildman–Crippen LogP) is 1.37. The maximum atomic E-state index is 12.7. The molecule has 8 nitrogen and oxygen atoms in total. The van der Waals surface area contributed by atoms with Gasteiger partial charge in [0.25, 0.3) is 0 Å². The fourth-order valence-corrected chi connectivity index (χ4v) is 3.50. The second-order valence-corrected chi connectivity index (χ2v) is 7.20. The minimum Gasteiger partial charge on any atom is -0.352 e. The van der Waals surface area contributed by atoms with Gasteiger partial charge in [-0.3, -0.25) is 4.79 Å². The maximum absolute atomic E-state index is 12.7. The molecule has 1 aliphatic rings. The Morgan fingerprint density at radius 1 is 1.29 bits per heavy atom. The largest absolute Gasteiger partial charge is 0.352 e. The summed E-state index contributed by atoms with van der Waals surface area (Å²) in [6, 6.07) is 8.41. The van der Waals surface area contributed by atoms with Crippen molar-refractivity contribution in [3.8, 4) is 0 Å². The van der Waals surface area contributed by atoms with E-state index < -0.39 is 0 Å². The first-order chi connectivity index (χ1) is 13.6. The summed E-state index contributed by atoms with van der Waals surface area (Å²) in [4.78, 5) is 31.5. The van der Waals surface area contributed by atoms with Gasteiger partial charge < -0.3 is 10.2 Å². The molecule has 3 aromatic rings. The van der Waals surface area contributed by atoms with Crippen LogP contribution >= 0.6 is 0 Å². The Morgan fingerprint density at radius 2 is 2.07 bits per heavy atom. The van der Waals surface area contributed by atoms with Gasteiger partial charge in [-0.05, 0) is 30.9 Å². The van der Waals surface area contributed by atoms with Crippen LogP contribution in [-0.4, -0.2) is 37.7 Å². The van der Waals surface area contributed by atoms with Crippen molar-refractivity contribution in [2.45, 2.75) is 45.8 Å². The molecule has 0 aliphatic carbocycles. The molecule has 0 saturated heterocycles. The molecule has 0 radical (unpaired) electrons. The first kappa shape index (κ1) is 18.2. The molecule has 4 rings (SSSR count). The summed E-state index contributed by atoms with van der Waals surface area (Å²) < 4.78 is 2.66. The van der Waals surface area contributed by atoms with Crippen molar-refractivity contribution in [3.05, 3.63) is 58.3 Å². The van der Waals surface area contributed by atoms with E-state index in [1.807, 2.05) is 19.9 Å². The number of hydrogen-bond acceptors (Lipinski definition) is 5. The number of fused-ring (bicyclic) bond motifs is 2. The van der Waals surface area contributed by atoms with Gasteiger partial charge >= 0.3 is 5.69 Å². The van der Waals surface area contributed by atoms with Gasteiger partial charge in [0.05, 0.1) is 0 Å².